The Labute approximate surface area is 146 Å². The molecule has 0 aliphatic rings. The third-order valence-corrected chi connectivity index (χ3v) is 4.40. The molecule has 0 bridgehead atoms. The summed E-state index contributed by atoms with van der Waals surface area (Å²) in [6.07, 6.45) is 1.95. The Balaban J connectivity index is 1.83. The first kappa shape index (κ1) is 16.6. The fourth-order valence-corrected chi connectivity index (χ4v) is 3.04. The minimum atomic E-state index is -0.0771. The van der Waals surface area contributed by atoms with E-state index in [4.69, 9.17) is 16.0 Å². The van der Waals surface area contributed by atoms with E-state index >= 15 is 0 Å². The Kier molecular flexibility index (Phi) is 4.63. The molecule has 1 aromatic heterocycles. The fourth-order valence-electron chi connectivity index (χ4n) is 2.92. The zero-order chi connectivity index (χ0) is 17.3. The molecule has 1 amide bonds. The van der Waals surface area contributed by atoms with Gasteiger partial charge < -0.3 is 9.73 Å². The second-order valence-corrected chi connectivity index (χ2v) is 6.79. The van der Waals surface area contributed by atoms with E-state index in [2.05, 4.69) is 32.2 Å². The lowest BCUT2D eigenvalue weighted by atomic mass is 9.95. The number of hydrogen-bond acceptors (Lipinski definition) is 2. The first-order valence-electron chi connectivity index (χ1n) is 8.00. The first-order chi connectivity index (χ1) is 11.4. The van der Waals surface area contributed by atoms with Crippen molar-refractivity contribution in [3.8, 4) is 0 Å². The van der Waals surface area contributed by atoms with E-state index in [9.17, 15) is 4.79 Å². The minimum absolute atomic E-state index is 0.0771. The van der Waals surface area contributed by atoms with Crippen LogP contribution < -0.4 is 5.32 Å². The molecule has 0 saturated heterocycles. The van der Waals surface area contributed by atoms with E-state index in [-0.39, 0.29) is 12.3 Å². The van der Waals surface area contributed by atoms with Crippen molar-refractivity contribution in [1.82, 2.24) is 0 Å². The number of aryl methyl sites for hydroxylation is 1. The smallest absolute Gasteiger partial charge is 0.228 e. The van der Waals surface area contributed by atoms with Gasteiger partial charge in [0.2, 0.25) is 5.91 Å². The van der Waals surface area contributed by atoms with Gasteiger partial charge in [0.05, 0.1) is 12.7 Å². The zero-order valence-corrected chi connectivity index (χ0v) is 14.8. The fraction of sp³-hybridized carbons (Fsp3) is 0.250. The van der Waals surface area contributed by atoms with Crippen molar-refractivity contribution in [2.24, 2.45) is 0 Å². The summed E-state index contributed by atoms with van der Waals surface area (Å²) in [5, 5.41) is 4.54. The molecule has 0 saturated carbocycles. The van der Waals surface area contributed by atoms with E-state index in [1.165, 1.54) is 11.1 Å². The molecule has 3 aromatic rings. The van der Waals surface area contributed by atoms with Crippen LogP contribution in [-0.2, 0) is 11.2 Å². The number of hydrogen-bond donors (Lipinski definition) is 1. The highest BCUT2D eigenvalue weighted by atomic mass is 35.5. The molecule has 3 rings (SSSR count). The maximum Gasteiger partial charge on any atom is 0.228 e. The summed E-state index contributed by atoms with van der Waals surface area (Å²) in [7, 11) is 0. The lowest BCUT2D eigenvalue weighted by Gasteiger charge is -2.10. The van der Waals surface area contributed by atoms with Crippen LogP contribution in [0.3, 0.4) is 0 Å². The number of nitrogens with one attached hydrogen (secondary N) is 1. The second kappa shape index (κ2) is 6.70. The number of rotatable bonds is 4. The molecule has 3 nitrogen and oxygen atoms in total. The van der Waals surface area contributed by atoms with Crippen molar-refractivity contribution in [1.29, 1.82) is 0 Å². The standard InChI is InChI=1S/C20H20ClNO2/c1-12(2)17-10-18-14(11-24-19(18)8-13(17)3)9-20(23)22-16-6-4-15(21)5-7-16/h4-8,10-12H,9H2,1-3H3,(H,22,23). The number of halogens is 1. The number of fused-ring (bicyclic) bond motifs is 1. The van der Waals surface area contributed by atoms with Gasteiger partial charge in [-0.2, -0.15) is 0 Å². The average Bonchev–Trinajstić information content (AvgIpc) is 2.90. The monoisotopic (exact) mass is 341 g/mol. The molecule has 4 heteroatoms. The van der Waals surface area contributed by atoms with E-state index in [0.717, 1.165) is 22.2 Å². The minimum Gasteiger partial charge on any atom is -0.464 e. The number of carbonyl (C=O) groups excluding carboxylic acids is 1. The molecule has 0 aliphatic carbocycles. The van der Waals surface area contributed by atoms with Crippen LogP contribution in [0.5, 0.6) is 0 Å². The summed E-state index contributed by atoms with van der Waals surface area (Å²) < 4.78 is 5.63. The maximum atomic E-state index is 12.3. The molecule has 0 radical (unpaired) electrons. The van der Waals surface area contributed by atoms with Crippen LogP contribution in [0.25, 0.3) is 11.0 Å². The molecular formula is C20H20ClNO2. The SMILES string of the molecule is Cc1cc2occ(CC(=O)Nc3ccc(Cl)cc3)c2cc1C(C)C. The van der Waals surface area contributed by atoms with Gasteiger partial charge in [-0.05, 0) is 60.4 Å². The van der Waals surface area contributed by atoms with Gasteiger partial charge in [-0.3, -0.25) is 4.79 Å². The number of carbonyl (C=O) groups is 1. The molecule has 24 heavy (non-hydrogen) atoms. The highest BCUT2D eigenvalue weighted by molar-refractivity contribution is 6.30. The molecule has 0 atom stereocenters. The summed E-state index contributed by atoms with van der Waals surface area (Å²) in [5.41, 5.74) is 4.95. The number of furan rings is 1. The van der Waals surface area contributed by atoms with Crippen LogP contribution in [0.2, 0.25) is 5.02 Å². The van der Waals surface area contributed by atoms with Crippen molar-refractivity contribution in [2.75, 3.05) is 5.32 Å². The van der Waals surface area contributed by atoms with E-state index in [0.29, 0.717) is 10.9 Å². The van der Waals surface area contributed by atoms with Gasteiger partial charge in [-0.1, -0.05) is 25.4 Å². The lowest BCUT2D eigenvalue weighted by molar-refractivity contribution is -0.115. The highest BCUT2D eigenvalue weighted by Gasteiger charge is 2.14. The number of anilines is 1. The van der Waals surface area contributed by atoms with E-state index in [1.807, 2.05) is 6.07 Å². The third kappa shape index (κ3) is 3.46. The van der Waals surface area contributed by atoms with Crippen LogP contribution in [-0.4, -0.2) is 5.91 Å². The Bertz CT molecular complexity index is 879. The summed E-state index contributed by atoms with van der Waals surface area (Å²) in [4.78, 5) is 12.3. The lowest BCUT2D eigenvalue weighted by Crippen LogP contribution is -2.14. The largest absolute Gasteiger partial charge is 0.464 e. The van der Waals surface area contributed by atoms with Gasteiger partial charge in [0, 0.05) is 21.7 Å². The summed E-state index contributed by atoms with van der Waals surface area (Å²) >= 11 is 5.86. The Morgan fingerprint density at radius 3 is 2.58 bits per heavy atom. The van der Waals surface area contributed by atoms with Gasteiger partial charge in [-0.15, -0.1) is 0 Å². The Hall–Kier alpha value is -2.26. The molecular weight excluding hydrogens is 322 g/mol. The molecule has 124 valence electrons. The second-order valence-electron chi connectivity index (χ2n) is 6.35. The van der Waals surface area contributed by atoms with Crippen LogP contribution >= 0.6 is 11.6 Å². The van der Waals surface area contributed by atoms with Crippen LogP contribution in [0.15, 0.2) is 47.1 Å². The van der Waals surface area contributed by atoms with Gasteiger partial charge in [0.1, 0.15) is 5.58 Å². The van der Waals surface area contributed by atoms with E-state index in [1.54, 1.807) is 30.5 Å². The molecule has 0 aliphatic heterocycles. The predicted octanol–water partition coefficient (Wildman–Crippen LogP) is 5.70. The number of amides is 1. The van der Waals surface area contributed by atoms with Gasteiger partial charge in [0.15, 0.2) is 0 Å². The highest BCUT2D eigenvalue weighted by Crippen LogP contribution is 2.29. The molecule has 0 spiro atoms. The zero-order valence-electron chi connectivity index (χ0n) is 14.0. The number of benzene rings is 2. The van der Waals surface area contributed by atoms with Crippen molar-refractivity contribution in [3.63, 3.8) is 0 Å². The molecule has 0 unspecified atom stereocenters. The molecule has 0 fully saturated rings. The van der Waals surface area contributed by atoms with Gasteiger partial charge >= 0.3 is 0 Å². The first-order valence-corrected chi connectivity index (χ1v) is 8.38. The summed E-state index contributed by atoms with van der Waals surface area (Å²) in [6.45, 7) is 6.42. The maximum absolute atomic E-state index is 12.3. The van der Waals surface area contributed by atoms with Gasteiger partial charge in [0.25, 0.3) is 0 Å². The van der Waals surface area contributed by atoms with Gasteiger partial charge in [-0.25, -0.2) is 0 Å². The van der Waals surface area contributed by atoms with Crippen molar-refractivity contribution in [2.45, 2.75) is 33.1 Å². The van der Waals surface area contributed by atoms with Crippen molar-refractivity contribution < 1.29 is 9.21 Å². The third-order valence-electron chi connectivity index (χ3n) is 4.14. The summed E-state index contributed by atoms with van der Waals surface area (Å²) in [5.74, 6) is 0.353. The van der Waals surface area contributed by atoms with Crippen LogP contribution in [0.1, 0.15) is 36.5 Å². The normalized spacial score (nSPS) is 11.2. The van der Waals surface area contributed by atoms with E-state index < -0.39 is 0 Å². The molecule has 2 aromatic carbocycles. The average molecular weight is 342 g/mol. The van der Waals surface area contributed by atoms with Crippen LogP contribution in [0, 0.1) is 6.92 Å². The predicted molar refractivity (Wildman–Crippen MR) is 98.8 cm³/mol. The van der Waals surface area contributed by atoms with Crippen LogP contribution in [0.4, 0.5) is 5.69 Å². The quantitative estimate of drug-likeness (QED) is 0.661. The Morgan fingerprint density at radius 2 is 1.92 bits per heavy atom. The Morgan fingerprint density at radius 1 is 1.21 bits per heavy atom. The topological polar surface area (TPSA) is 42.2 Å². The summed E-state index contributed by atoms with van der Waals surface area (Å²) in [6, 6.07) is 11.3. The molecule has 1 heterocycles. The van der Waals surface area contributed by atoms with Crippen molar-refractivity contribution >= 4 is 34.2 Å². The van der Waals surface area contributed by atoms with Crippen molar-refractivity contribution in [3.05, 3.63) is 64.4 Å². The molecule has 1 N–H and O–H groups in total.